The van der Waals surface area contributed by atoms with Gasteiger partial charge in [-0.25, -0.2) is 4.79 Å². The number of hydrogen-bond donors (Lipinski definition) is 1. The highest BCUT2D eigenvalue weighted by Gasteiger charge is 2.15. The molecule has 0 aromatic rings. The number of nitrogens with zero attached hydrogens (tertiary/aromatic N) is 1. The van der Waals surface area contributed by atoms with E-state index in [0.717, 1.165) is 5.71 Å². The van der Waals surface area contributed by atoms with Crippen LogP contribution in [0, 0.1) is 0 Å². The summed E-state index contributed by atoms with van der Waals surface area (Å²) < 4.78 is 4.58. The van der Waals surface area contributed by atoms with Crippen molar-refractivity contribution in [3.05, 3.63) is 11.6 Å². The Morgan fingerprint density at radius 2 is 2.46 bits per heavy atom. The first-order chi connectivity index (χ1) is 6.15. The van der Waals surface area contributed by atoms with Crippen LogP contribution in [0.25, 0.3) is 0 Å². The number of allylic oxidation sites excluding steroid dienone is 1. The maximum atomic E-state index is 11.1. The average molecular weight is 182 g/mol. The molecular weight excluding hydrogens is 168 g/mol. The van der Waals surface area contributed by atoms with Gasteiger partial charge in [0.2, 0.25) is 0 Å². The van der Waals surface area contributed by atoms with Crippen LogP contribution < -0.4 is 5.73 Å². The molecule has 0 aromatic heterocycles. The van der Waals surface area contributed by atoms with Crippen molar-refractivity contribution in [2.24, 2.45) is 10.7 Å². The molecule has 0 amide bonds. The van der Waals surface area contributed by atoms with E-state index in [9.17, 15) is 4.79 Å². The smallest absolute Gasteiger partial charge is 0.335 e. The topological polar surface area (TPSA) is 64.7 Å². The second-order valence-corrected chi connectivity index (χ2v) is 3.02. The zero-order valence-electron chi connectivity index (χ0n) is 7.91. The highest BCUT2D eigenvalue weighted by atomic mass is 16.5. The lowest BCUT2D eigenvalue weighted by atomic mass is 10.1. The summed E-state index contributed by atoms with van der Waals surface area (Å²) in [5, 5.41) is 0. The first-order valence-corrected chi connectivity index (χ1v) is 4.21. The largest absolute Gasteiger partial charge is 0.466 e. The van der Waals surface area contributed by atoms with Gasteiger partial charge in [0.05, 0.1) is 19.2 Å². The van der Waals surface area contributed by atoms with Gasteiger partial charge in [-0.15, -0.1) is 0 Å². The predicted octanol–water partition coefficient (Wildman–Crippen LogP) is 0.278. The van der Waals surface area contributed by atoms with Gasteiger partial charge in [0.25, 0.3) is 0 Å². The second-order valence-electron chi connectivity index (χ2n) is 3.02. The van der Waals surface area contributed by atoms with Crippen molar-refractivity contribution in [1.29, 1.82) is 0 Å². The third-order valence-electron chi connectivity index (χ3n) is 1.98. The molecule has 0 saturated carbocycles. The first-order valence-electron chi connectivity index (χ1n) is 4.21. The minimum absolute atomic E-state index is 0.0320. The summed E-state index contributed by atoms with van der Waals surface area (Å²) in [4.78, 5) is 15.3. The van der Waals surface area contributed by atoms with Crippen molar-refractivity contribution < 1.29 is 9.53 Å². The van der Waals surface area contributed by atoms with Crippen LogP contribution in [0.2, 0.25) is 0 Å². The van der Waals surface area contributed by atoms with E-state index >= 15 is 0 Å². The Kier molecular flexibility index (Phi) is 3.19. The van der Waals surface area contributed by atoms with E-state index in [1.807, 2.05) is 13.0 Å². The summed E-state index contributed by atoms with van der Waals surface area (Å²) in [7, 11) is 1.37. The molecule has 0 bridgehead atoms. The number of hydrogen-bond acceptors (Lipinski definition) is 4. The highest BCUT2D eigenvalue weighted by molar-refractivity contribution is 5.96. The number of ether oxygens (including phenoxy) is 1. The van der Waals surface area contributed by atoms with Crippen molar-refractivity contribution in [1.82, 2.24) is 0 Å². The molecule has 0 spiro atoms. The van der Waals surface area contributed by atoms with Crippen LogP contribution in [0.1, 0.15) is 13.3 Å². The minimum atomic E-state index is -0.299. The van der Waals surface area contributed by atoms with Crippen molar-refractivity contribution in [2.75, 3.05) is 13.7 Å². The van der Waals surface area contributed by atoms with Crippen LogP contribution in [0.15, 0.2) is 16.6 Å². The SMILES string of the molecule is COC(=O)C1=CCC(C(C)N)=NC1. The number of methoxy groups -OCH3 is 1. The number of carbonyl (C=O) groups is 1. The molecule has 0 radical (unpaired) electrons. The van der Waals surface area contributed by atoms with Gasteiger partial charge in [0.1, 0.15) is 0 Å². The molecule has 1 atom stereocenters. The average Bonchev–Trinajstić information content (AvgIpc) is 2.17. The molecular formula is C9H14N2O2. The van der Waals surface area contributed by atoms with Gasteiger partial charge in [-0.3, -0.25) is 4.99 Å². The standard InChI is InChI=1S/C9H14N2O2/c1-6(10)8-4-3-7(5-11-8)9(12)13-2/h3,6H,4-5,10H2,1-2H3. The van der Waals surface area contributed by atoms with E-state index in [1.165, 1.54) is 7.11 Å². The number of aliphatic imine (C=N–C) groups is 1. The molecule has 72 valence electrons. The van der Waals surface area contributed by atoms with Gasteiger partial charge in [0.15, 0.2) is 0 Å². The molecule has 0 saturated heterocycles. The molecule has 0 fully saturated rings. The van der Waals surface area contributed by atoms with Crippen LogP contribution in [-0.2, 0) is 9.53 Å². The Morgan fingerprint density at radius 3 is 2.85 bits per heavy atom. The molecule has 4 heteroatoms. The maximum absolute atomic E-state index is 11.1. The number of dihydropyridines is 1. The summed E-state index contributed by atoms with van der Waals surface area (Å²) in [6.45, 7) is 2.28. The van der Waals surface area contributed by atoms with E-state index in [0.29, 0.717) is 18.5 Å². The lowest BCUT2D eigenvalue weighted by Crippen LogP contribution is -2.29. The monoisotopic (exact) mass is 182 g/mol. The minimum Gasteiger partial charge on any atom is -0.466 e. The summed E-state index contributed by atoms with van der Waals surface area (Å²) in [6.07, 6.45) is 2.49. The molecule has 1 unspecified atom stereocenters. The molecule has 13 heavy (non-hydrogen) atoms. The normalized spacial score (nSPS) is 18.7. The summed E-state index contributed by atoms with van der Waals surface area (Å²) in [5.74, 6) is -0.299. The summed E-state index contributed by atoms with van der Waals surface area (Å²) in [6, 6.07) is -0.0320. The molecule has 1 aliphatic heterocycles. The molecule has 0 aromatic carbocycles. The van der Waals surface area contributed by atoms with E-state index in [1.54, 1.807) is 0 Å². The van der Waals surface area contributed by atoms with Gasteiger partial charge >= 0.3 is 5.97 Å². The molecule has 1 heterocycles. The Morgan fingerprint density at radius 1 is 1.77 bits per heavy atom. The van der Waals surface area contributed by atoms with Crippen LogP contribution >= 0.6 is 0 Å². The van der Waals surface area contributed by atoms with Gasteiger partial charge in [-0.2, -0.15) is 0 Å². The fourth-order valence-electron chi connectivity index (χ4n) is 1.15. The quantitative estimate of drug-likeness (QED) is 0.624. The molecule has 4 nitrogen and oxygen atoms in total. The third kappa shape index (κ3) is 2.39. The van der Waals surface area contributed by atoms with Gasteiger partial charge in [-0.1, -0.05) is 6.08 Å². The second kappa shape index (κ2) is 4.18. The summed E-state index contributed by atoms with van der Waals surface area (Å²) >= 11 is 0. The van der Waals surface area contributed by atoms with E-state index in [2.05, 4.69) is 9.73 Å². The Balaban J connectivity index is 2.58. The lowest BCUT2D eigenvalue weighted by Gasteiger charge is -2.14. The Hall–Kier alpha value is -1.16. The van der Waals surface area contributed by atoms with Gasteiger partial charge in [-0.05, 0) is 6.92 Å². The van der Waals surface area contributed by atoms with Crippen LogP contribution in [0.5, 0.6) is 0 Å². The molecule has 1 rings (SSSR count). The molecule has 1 aliphatic rings. The maximum Gasteiger partial charge on any atom is 0.335 e. The van der Waals surface area contributed by atoms with Gasteiger partial charge < -0.3 is 10.5 Å². The van der Waals surface area contributed by atoms with Crippen molar-refractivity contribution >= 4 is 11.7 Å². The first kappa shape index (κ1) is 9.92. The van der Waals surface area contributed by atoms with Crippen molar-refractivity contribution in [2.45, 2.75) is 19.4 Å². The lowest BCUT2D eigenvalue weighted by molar-refractivity contribution is -0.136. The Labute approximate surface area is 77.5 Å². The zero-order valence-corrected chi connectivity index (χ0v) is 7.91. The Bertz CT molecular complexity index is 267. The van der Waals surface area contributed by atoms with Crippen molar-refractivity contribution in [3.8, 4) is 0 Å². The number of nitrogens with two attached hydrogens (primary N) is 1. The number of esters is 1. The molecule has 0 aliphatic carbocycles. The van der Waals surface area contributed by atoms with Crippen LogP contribution in [0.4, 0.5) is 0 Å². The summed E-state index contributed by atoms with van der Waals surface area (Å²) in [5.41, 5.74) is 7.20. The van der Waals surface area contributed by atoms with Gasteiger partial charge in [0, 0.05) is 18.2 Å². The fourth-order valence-corrected chi connectivity index (χ4v) is 1.15. The zero-order chi connectivity index (χ0) is 9.84. The highest BCUT2D eigenvalue weighted by Crippen LogP contribution is 2.09. The van der Waals surface area contributed by atoms with E-state index < -0.39 is 0 Å². The predicted molar refractivity (Wildman–Crippen MR) is 50.7 cm³/mol. The third-order valence-corrected chi connectivity index (χ3v) is 1.98. The number of carbonyl (C=O) groups excluding carboxylic acids is 1. The fraction of sp³-hybridized carbons (Fsp3) is 0.556. The van der Waals surface area contributed by atoms with E-state index in [-0.39, 0.29) is 12.0 Å². The molecule has 2 N–H and O–H groups in total. The van der Waals surface area contributed by atoms with E-state index in [4.69, 9.17) is 5.73 Å². The number of rotatable bonds is 2. The van der Waals surface area contributed by atoms with Crippen molar-refractivity contribution in [3.63, 3.8) is 0 Å². The van der Waals surface area contributed by atoms with Crippen LogP contribution in [0.3, 0.4) is 0 Å². The van der Waals surface area contributed by atoms with Crippen LogP contribution in [-0.4, -0.2) is 31.4 Å².